The number of aromatic nitrogens is 2. The van der Waals surface area contributed by atoms with Gasteiger partial charge in [-0.15, -0.1) is 30.4 Å². The molecule has 1 atom stereocenters. The topological polar surface area (TPSA) is 69.7 Å². The zero-order chi connectivity index (χ0) is 19.6. The van der Waals surface area contributed by atoms with Crippen LogP contribution >= 0.6 is 25.3 Å². The lowest BCUT2D eigenvalue weighted by Gasteiger charge is -2.29. The molecule has 1 aromatic heterocycles. The van der Waals surface area contributed by atoms with Crippen LogP contribution in [0.4, 0.5) is 6.01 Å². The predicted octanol–water partition coefficient (Wildman–Crippen LogP) is 4.32. The van der Waals surface area contributed by atoms with Crippen molar-refractivity contribution in [2.45, 2.75) is 18.6 Å². The van der Waals surface area contributed by atoms with Crippen LogP contribution in [-0.2, 0) is 15.3 Å². The van der Waals surface area contributed by atoms with E-state index in [4.69, 9.17) is 13.9 Å². The Morgan fingerprint density at radius 2 is 1.71 bits per heavy atom. The van der Waals surface area contributed by atoms with E-state index in [0.29, 0.717) is 19.1 Å². The van der Waals surface area contributed by atoms with E-state index in [2.05, 4.69) is 46.5 Å². The van der Waals surface area contributed by atoms with Crippen molar-refractivity contribution in [3.63, 3.8) is 0 Å². The highest BCUT2D eigenvalue weighted by molar-refractivity contribution is 8.23. The number of aliphatic imine (C=N–C) groups is 1. The first-order chi connectivity index (χ1) is 13.6. The summed E-state index contributed by atoms with van der Waals surface area (Å²) < 4.78 is 18.1. The molecule has 3 aromatic rings. The second-order valence-corrected chi connectivity index (χ2v) is 7.56. The number of hydrogen-bond acceptors (Lipinski definition) is 6. The standard InChI is InChI=1S/C20H19N3O3S2/c1-13(17-22-23-18(26-17)21-19(27)28)14-6-5-9-16(12-14)20(24-10-11-25-20)15-7-3-2-4-8-15/h2-9,12-13H,10-11H2,1H3,(H2,21,23,27,28). The van der Waals surface area contributed by atoms with Gasteiger partial charge in [-0.05, 0) is 18.6 Å². The van der Waals surface area contributed by atoms with Gasteiger partial charge in [-0.2, -0.15) is 4.99 Å². The van der Waals surface area contributed by atoms with E-state index < -0.39 is 5.79 Å². The van der Waals surface area contributed by atoms with Crippen LogP contribution in [-0.4, -0.2) is 27.8 Å². The fraction of sp³-hybridized carbons (Fsp3) is 0.250. The van der Waals surface area contributed by atoms with Crippen LogP contribution in [0.5, 0.6) is 0 Å². The van der Waals surface area contributed by atoms with E-state index in [1.165, 1.54) is 0 Å². The van der Waals surface area contributed by atoms with E-state index in [0.717, 1.165) is 16.7 Å². The van der Waals surface area contributed by atoms with Gasteiger partial charge in [0.1, 0.15) is 4.38 Å². The lowest BCUT2D eigenvalue weighted by atomic mass is 9.92. The van der Waals surface area contributed by atoms with Gasteiger partial charge in [-0.3, -0.25) is 0 Å². The summed E-state index contributed by atoms with van der Waals surface area (Å²) in [7, 11) is 0. The van der Waals surface area contributed by atoms with Crippen molar-refractivity contribution >= 4 is 35.6 Å². The second-order valence-electron chi connectivity index (χ2n) is 6.36. The van der Waals surface area contributed by atoms with Crippen LogP contribution in [0.1, 0.15) is 35.4 Å². The van der Waals surface area contributed by atoms with Gasteiger partial charge in [-0.25, -0.2) is 0 Å². The fourth-order valence-corrected chi connectivity index (χ4v) is 3.43. The Morgan fingerprint density at radius 1 is 1.00 bits per heavy atom. The van der Waals surface area contributed by atoms with Gasteiger partial charge in [0, 0.05) is 11.1 Å². The molecule has 0 aliphatic carbocycles. The molecule has 0 bridgehead atoms. The summed E-state index contributed by atoms with van der Waals surface area (Å²) >= 11 is 8.01. The second kappa shape index (κ2) is 8.08. The molecule has 1 aliphatic heterocycles. The first kappa shape index (κ1) is 19.2. The summed E-state index contributed by atoms with van der Waals surface area (Å²) in [6.45, 7) is 3.07. The summed E-state index contributed by atoms with van der Waals surface area (Å²) in [6.07, 6.45) is 0. The Hall–Kier alpha value is -2.13. The summed E-state index contributed by atoms with van der Waals surface area (Å²) in [6, 6.07) is 18.1. The van der Waals surface area contributed by atoms with Crippen molar-refractivity contribution in [1.29, 1.82) is 0 Å². The van der Waals surface area contributed by atoms with Crippen molar-refractivity contribution in [3.8, 4) is 0 Å². The number of rotatable bonds is 5. The molecule has 4 rings (SSSR count). The number of ether oxygens (including phenoxy) is 2. The first-order valence-corrected chi connectivity index (χ1v) is 9.72. The molecule has 1 fully saturated rings. The average molecular weight is 414 g/mol. The largest absolute Gasteiger partial charge is 0.406 e. The van der Waals surface area contributed by atoms with Crippen molar-refractivity contribution in [1.82, 2.24) is 10.2 Å². The highest BCUT2D eigenvalue weighted by Gasteiger charge is 2.40. The minimum Gasteiger partial charge on any atom is -0.406 e. The summed E-state index contributed by atoms with van der Waals surface area (Å²) in [5, 5.41) is 8.01. The van der Waals surface area contributed by atoms with Crippen molar-refractivity contribution in [3.05, 3.63) is 77.2 Å². The van der Waals surface area contributed by atoms with Crippen LogP contribution in [0.3, 0.4) is 0 Å². The predicted molar refractivity (Wildman–Crippen MR) is 112 cm³/mol. The first-order valence-electron chi connectivity index (χ1n) is 8.82. The van der Waals surface area contributed by atoms with E-state index in [1.807, 2.05) is 55.5 Å². The smallest absolute Gasteiger partial charge is 0.344 e. The molecule has 0 saturated carbocycles. The van der Waals surface area contributed by atoms with E-state index in [-0.39, 0.29) is 16.3 Å². The van der Waals surface area contributed by atoms with Gasteiger partial charge in [0.15, 0.2) is 0 Å². The molecule has 0 radical (unpaired) electrons. The number of hydrogen-bond donors (Lipinski definition) is 2. The molecule has 8 heteroatoms. The molecule has 2 aromatic carbocycles. The van der Waals surface area contributed by atoms with Crippen molar-refractivity contribution in [2.24, 2.45) is 4.99 Å². The van der Waals surface area contributed by atoms with Crippen LogP contribution < -0.4 is 0 Å². The highest BCUT2D eigenvalue weighted by atomic mass is 32.2. The van der Waals surface area contributed by atoms with Crippen molar-refractivity contribution in [2.75, 3.05) is 13.2 Å². The molecule has 1 unspecified atom stereocenters. The third-order valence-corrected chi connectivity index (χ3v) is 4.81. The van der Waals surface area contributed by atoms with Gasteiger partial charge in [0.25, 0.3) is 0 Å². The molecule has 1 saturated heterocycles. The SMILES string of the molecule is CC(c1cccc(C2(c3ccccc3)OCCO2)c1)c1nnc(N=C(S)S)o1. The van der Waals surface area contributed by atoms with Gasteiger partial charge >= 0.3 is 6.01 Å². The maximum absolute atomic E-state index is 6.09. The van der Waals surface area contributed by atoms with Crippen LogP contribution in [0.2, 0.25) is 0 Å². The molecule has 0 amide bonds. The van der Waals surface area contributed by atoms with Gasteiger partial charge < -0.3 is 13.9 Å². The summed E-state index contributed by atoms with van der Waals surface area (Å²) in [4.78, 5) is 3.95. The Kier molecular flexibility index (Phi) is 5.54. The van der Waals surface area contributed by atoms with E-state index >= 15 is 0 Å². The lowest BCUT2D eigenvalue weighted by molar-refractivity contribution is -0.129. The van der Waals surface area contributed by atoms with Gasteiger partial charge in [0.05, 0.1) is 19.1 Å². The Morgan fingerprint density at radius 3 is 2.43 bits per heavy atom. The third kappa shape index (κ3) is 3.73. The molecule has 2 heterocycles. The number of benzene rings is 2. The maximum Gasteiger partial charge on any atom is 0.344 e. The molecular formula is C20H19N3O3S2. The van der Waals surface area contributed by atoms with E-state index in [1.54, 1.807) is 0 Å². The molecule has 0 N–H and O–H groups in total. The Bertz CT molecular complexity index is 981. The average Bonchev–Trinajstić information content (AvgIpc) is 3.38. The summed E-state index contributed by atoms with van der Waals surface area (Å²) in [5.74, 6) is -0.580. The monoisotopic (exact) mass is 413 g/mol. The normalized spacial score (nSPS) is 16.7. The zero-order valence-corrected chi connectivity index (χ0v) is 16.9. The molecule has 1 aliphatic rings. The summed E-state index contributed by atoms with van der Waals surface area (Å²) in [5.41, 5.74) is 2.89. The molecule has 6 nitrogen and oxygen atoms in total. The Balaban J connectivity index is 1.69. The fourth-order valence-electron chi connectivity index (χ4n) is 3.26. The van der Waals surface area contributed by atoms with E-state index in [9.17, 15) is 0 Å². The number of nitrogens with zero attached hydrogens (tertiary/aromatic N) is 3. The maximum atomic E-state index is 6.09. The molecular weight excluding hydrogens is 394 g/mol. The minimum absolute atomic E-state index is 0.126. The van der Waals surface area contributed by atoms with Crippen LogP contribution in [0.15, 0.2) is 64.0 Å². The quantitative estimate of drug-likeness (QED) is 0.370. The Labute approximate surface area is 173 Å². The van der Waals surface area contributed by atoms with Crippen molar-refractivity contribution < 1.29 is 13.9 Å². The molecule has 144 valence electrons. The lowest BCUT2D eigenvalue weighted by Crippen LogP contribution is -2.28. The van der Waals surface area contributed by atoms with Crippen LogP contribution in [0, 0.1) is 0 Å². The third-order valence-electron chi connectivity index (χ3n) is 4.61. The van der Waals surface area contributed by atoms with Gasteiger partial charge in [0.2, 0.25) is 11.7 Å². The number of thiol groups is 2. The van der Waals surface area contributed by atoms with Crippen LogP contribution in [0.25, 0.3) is 0 Å². The zero-order valence-electron chi connectivity index (χ0n) is 15.1. The highest BCUT2D eigenvalue weighted by Crippen LogP contribution is 2.39. The minimum atomic E-state index is -0.908. The van der Waals surface area contributed by atoms with Gasteiger partial charge in [-0.1, -0.05) is 53.6 Å². The molecule has 28 heavy (non-hydrogen) atoms. The molecule has 0 spiro atoms.